The second-order valence-electron chi connectivity index (χ2n) is 4.64. The zero-order chi connectivity index (χ0) is 16.7. The van der Waals surface area contributed by atoms with Crippen molar-refractivity contribution in [2.45, 2.75) is 0 Å². The highest BCUT2D eigenvalue weighted by molar-refractivity contribution is 6.02. The number of carbonyl (C=O) groups is 1. The van der Waals surface area contributed by atoms with E-state index in [0.29, 0.717) is 22.9 Å². The molecule has 0 spiro atoms. The Bertz CT molecular complexity index is 710. The van der Waals surface area contributed by atoms with Gasteiger partial charge >= 0.3 is 0 Å². The van der Waals surface area contributed by atoms with E-state index < -0.39 is 0 Å². The fourth-order valence-corrected chi connectivity index (χ4v) is 2.09. The number of anilines is 1. The Morgan fingerprint density at radius 3 is 2.48 bits per heavy atom. The van der Waals surface area contributed by atoms with Crippen molar-refractivity contribution in [1.82, 2.24) is 0 Å². The molecule has 0 aliphatic heterocycles. The average Bonchev–Trinajstić information content (AvgIpc) is 2.59. The Kier molecular flexibility index (Phi) is 5.63. The van der Waals surface area contributed by atoms with Crippen LogP contribution in [0.15, 0.2) is 48.5 Å². The van der Waals surface area contributed by atoms with Gasteiger partial charge in [-0.2, -0.15) is 0 Å². The molecule has 2 aromatic rings. The quantitative estimate of drug-likeness (QED) is 0.831. The fraction of sp³-hybridized carbons (Fsp3) is 0.167. The van der Waals surface area contributed by atoms with E-state index in [4.69, 9.17) is 14.2 Å². The Morgan fingerprint density at radius 2 is 1.78 bits per heavy atom. The SMILES string of the molecule is COc1cccc(NC(=O)/C=C/c2cccc(OC)c2OC)c1. The summed E-state index contributed by atoms with van der Waals surface area (Å²) >= 11 is 0. The average molecular weight is 313 g/mol. The van der Waals surface area contributed by atoms with E-state index in [1.54, 1.807) is 45.6 Å². The summed E-state index contributed by atoms with van der Waals surface area (Å²) in [6.45, 7) is 0. The summed E-state index contributed by atoms with van der Waals surface area (Å²) in [5.74, 6) is 1.63. The van der Waals surface area contributed by atoms with Gasteiger partial charge in [0.25, 0.3) is 0 Å². The summed E-state index contributed by atoms with van der Waals surface area (Å²) in [4.78, 5) is 12.0. The monoisotopic (exact) mass is 313 g/mol. The number of ether oxygens (including phenoxy) is 3. The van der Waals surface area contributed by atoms with Crippen LogP contribution in [0.2, 0.25) is 0 Å². The summed E-state index contributed by atoms with van der Waals surface area (Å²) in [6.07, 6.45) is 3.12. The van der Waals surface area contributed by atoms with Gasteiger partial charge < -0.3 is 19.5 Å². The number of hydrogen-bond acceptors (Lipinski definition) is 4. The third kappa shape index (κ3) is 4.26. The minimum absolute atomic E-state index is 0.247. The van der Waals surface area contributed by atoms with Gasteiger partial charge in [0, 0.05) is 23.4 Å². The molecule has 1 N–H and O–H groups in total. The molecule has 0 unspecified atom stereocenters. The smallest absolute Gasteiger partial charge is 0.248 e. The van der Waals surface area contributed by atoms with Crippen molar-refractivity contribution in [3.63, 3.8) is 0 Å². The third-order valence-corrected chi connectivity index (χ3v) is 3.18. The van der Waals surface area contributed by atoms with Gasteiger partial charge in [-0.05, 0) is 24.3 Å². The van der Waals surface area contributed by atoms with E-state index in [-0.39, 0.29) is 5.91 Å². The van der Waals surface area contributed by atoms with Crippen LogP contribution >= 0.6 is 0 Å². The van der Waals surface area contributed by atoms with E-state index >= 15 is 0 Å². The zero-order valence-electron chi connectivity index (χ0n) is 13.3. The van der Waals surface area contributed by atoms with E-state index in [1.807, 2.05) is 24.3 Å². The molecule has 0 radical (unpaired) electrons. The van der Waals surface area contributed by atoms with Gasteiger partial charge in [-0.1, -0.05) is 18.2 Å². The number of nitrogens with one attached hydrogen (secondary N) is 1. The Labute approximate surface area is 135 Å². The van der Waals surface area contributed by atoms with Crippen molar-refractivity contribution < 1.29 is 19.0 Å². The number of rotatable bonds is 6. The van der Waals surface area contributed by atoms with E-state index in [1.165, 1.54) is 6.08 Å². The van der Waals surface area contributed by atoms with Crippen molar-refractivity contribution in [3.8, 4) is 17.2 Å². The zero-order valence-corrected chi connectivity index (χ0v) is 13.3. The van der Waals surface area contributed by atoms with E-state index in [0.717, 1.165) is 5.56 Å². The first-order chi connectivity index (χ1) is 11.2. The summed E-state index contributed by atoms with van der Waals surface area (Å²) < 4.78 is 15.7. The van der Waals surface area contributed by atoms with Crippen molar-refractivity contribution in [3.05, 3.63) is 54.1 Å². The van der Waals surface area contributed by atoms with E-state index in [2.05, 4.69) is 5.32 Å². The van der Waals surface area contributed by atoms with Crippen LogP contribution in [0, 0.1) is 0 Å². The van der Waals surface area contributed by atoms with Gasteiger partial charge in [0.15, 0.2) is 11.5 Å². The molecule has 0 saturated heterocycles. The topological polar surface area (TPSA) is 56.8 Å². The van der Waals surface area contributed by atoms with Crippen LogP contribution in [0.1, 0.15) is 5.56 Å². The van der Waals surface area contributed by atoms with Gasteiger partial charge in [0.05, 0.1) is 21.3 Å². The lowest BCUT2D eigenvalue weighted by Crippen LogP contribution is -2.07. The van der Waals surface area contributed by atoms with Gasteiger partial charge in [-0.15, -0.1) is 0 Å². The Hall–Kier alpha value is -2.95. The number of carbonyl (C=O) groups excluding carboxylic acids is 1. The molecule has 5 heteroatoms. The molecule has 2 rings (SSSR count). The van der Waals surface area contributed by atoms with Crippen molar-refractivity contribution >= 4 is 17.7 Å². The molecule has 0 bridgehead atoms. The van der Waals surface area contributed by atoms with Crippen molar-refractivity contribution in [2.24, 2.45) is 0 Å². The molecule has 0 aliphatic carbocycles. The van der Waals surface area contributed by atoms with Gasteiger partial charge in [0.2, 0.25) is 5.91 Å². The van der Waals surface area contributed by atoms with Crippen LogP contribution in [0.3, 0.4) is 0 Å². The predicted molar refractivity (Wildman–Crippen MR) is 90.2 cm³/mol. The molecule has 2 aromatic carbocycles. The normalized spacial score (nSPS) is 10.4. The molecule has 0 atom stereocenters. The first kappa shape index (κ1) is 16.4. The minimum atomic E-state index is -0.247. The van der Waals surface area contributed by atoms with Crippen molar-refractivity contribution in [1.29, 1.82) is 0 Å². The summed E-state index contributed by atoms with van der Waals surface area (Å²) in [7, 11) is 4.71. The summed E-state index contributed by atoms with van der Waals surface area (Å²) in [5.41, 5.74) is 1.42. The number of hydrogen-bond donors (Lipinski definition) is 1. The molecule has 0 aromatic heterocycles. The van der Waals surface area contributed by atoms with Gasteiger partial charge in [0.1, 0.15) is 5.75 Å². The number of methoxy groups -OCH3 is 3. The first-order valence-electron chi connectivity index (χ1n) is 7.02. The lowest BCUT2D eigenvalue weighted by Gasteiger charge is -2.09. The standard InChI is InChI=1S/C18H19NO4/c1-21-15-8-5-7-14(12-15)19-17(20)11-10-13-6-4-9-16(22-2)18(13)23-3/h4-12H,1-3H3,(H,19,20)/b11-10+. The molecule has 120 valence electrons. The van der Waals surface area contributed by atoms with Crippen LogP contribution in [0.4, 0.5) is 5.69 Å². The third-order valence-electron chi connectivity index (χ3n) is 3.18. The van der Waals surface area contributed by atoms with Crippen LogP contribution in [-0.2, 0) is 4.79 Å². The van der Waals surface area contributed by atoms with Crippen molar-refractivity contribution in [2.75, 3.05) is 26.6 Å². The molecular weight excluding hydrogens is 294 g/mol. The highest BCUT2D eigenvalue weighted by Gasteiger charge is 2.07. The number of para-hydroxylation sites is 1. The lowest BCUT2D eigenvalue weighted by molar-refractivity contribution is -0.111. The molecule has 0 aliphatic rings. The first-order valence-corrected chi connectivity index (χ1v) is 7.02. The molecule has 23 heavy (non-hydrogen) atoms. The minimum Gasteiger partial charge on any atom is -0.497 e. The van der Waals surface area contributed by atoms with Crippen LogP contribution in [0.25, 0.3) is 6.08 Å². The predicted octanol–water partition coefficient (Wildman–Crippen LogP) is 3.36. The summed E-state index contributed by atoms with van der Waals surface area (Å²) in [5, 5.41) is 2.78. The maximum atomic E-state index is 12.0. The van der Waals surface area contributed by atoms with Gasteiger partial charge in [-0.3, -0.25) is 4.79 Å². The lowest BCUT2D eigenvalue weighted by atomic mass is 10.1. The fourth-order valence-electron chi connectivity index (χ4n) is 2.09. The maximum Gasteiger partial charge on any atom is 0.248 e. The molecule has 0 saturated carbocycles. The van der Waals surface area contributed by atoms with Crippen LogP contribution in [0.5, 0.6) is 17.2 Å². The van der Waals surface area contributed by atoms with Crippen LogP contribution in [-0.4, -0.2) is 27.2 Å². The van der Waals surface area contributed by atoms with Crippen LogP contribution < -0.4 is 19.5 Å². The molecule has 1 amide bonds. The highest BCUT2D eigenvalue weighted by Crippen LogP contribution is 2.31. The highest BCUT2D eigenvalue weighted by atomic mass is 16.5. The molecule has 0 heterocycles. The number of amides is 1. The second kappa shape index (κ2) is 7.89. The van der Waals surface area contributed by atoms with Gasteiger partial charge in [-0.25, -0.2) is 0 Å². The largest absolute Gasteiger partial charge is 0.497 e. The molecule has 0 fully saturated rings. The van der Waals surface area contributed by atoms with E-state index in [9.17, 15) is 4.79 Å². The second-order valence-corrected chi connectivity index (χ2v) is 4.64. The Morgan fingerprint density at radius 1 is 1.00 bits per heavy atom. The summed E-state index contributed by atoms with van der Waals surface area (Å²) in [6, 6.07) is 12.6. The molecule has 5 nitrogen and oxygen atoms in total. The number of benzene rings is 2. The Balaban J connectivity index is 2.12. The molecular formula is C18H19NO4. The maximum absolute atomic E-state index is 12.0.